The number of rotatable bonds is 2. The van der Waals surface area contributed by atoms with Crippen molar-refractivity contribution in [2.45, 2.75) is 30.7 Å². The molecule has 1 aliphatic heterocycles. The van der Waals surface area contributed by atoms with Crippen molar-refractivity contribution in [1.29, 1.82) is 0 Å². The highest BCUT2D eigenvalue weighted by Crippen LogP contribution is 2.25. The third kappa shape index (κ3) is 2.98. The zero-order chi connectivity index (χ0) is 13.9. The summed E-state index contributed by atoms with van der Waals surface area (Å²) < 4.78 is 26.4. The van der Waals surface area contributed by atoms with Gasteiger partial charge in [-0.3, -0.25) is 0 Å². The van der Waals surface area contributed by atoms with Crippen LogP contribution >= 0.6 is 0 Å². The summed E-state index contributed by atoms with van der Waals surface area (Å²) in [7, 11) is -3.39. The van der Waals surface area contributed by atoms with E-state index in [4.69, 9.17) is 5.11 Å². The number of benzene rings is 1. The molecule has 1 atom stereocenters. The van der Waals surface area contributed by atoms with Crippen molar-refractivity contribution < 1.29 is 13.5 Å². The van der Waals surface area contributed by atoms with E-state index in [1.165, 1.54) is 0 Å². The van der Waals surface area contributed by atoms with E-state index in [9.17, 15) is 8.42 Å². The van der Waals surface area contributed by atoms with E-state index in [0.29, 0.717) is 17.0 Å². The fourth-order valence-electron chi connectivity index (χ4n) is 2.25. The molecule has 0 amide bonds. The van der Waals surface area contributed by atoms with Gasteiger partial charge in [-0.25, -0.2) is 8.42 Å². The van der Waals surface area contributed by atoms with Crippen LogP contribution in [0.15, 0.2) is 29.2 Å². The molecule has 1 heterocycles. The standard InChI is InChI=1S/C14H17NO3S/c1-12-4-2-10-15(12)19(17,18)14-8-6-13(7-9-14)5-3-11-16/h6-9,12,16H,2,4,10-11H2,1H3. The molecule has 1 aromatic carbocycles. The Morgan fingerprint density at radius 1 is 1.37 bits per heavy atom. The number of aliphatic hydroxyl groups is 1. The molecular weight excluding hydrogens is 262 g/mol. The Kier molecular flexibility index (Phi) is 4.25. The first kappa shape index (κ1) is 14.1. The molecule has 5 heteroatoms. The Morgan fingerprint density at radius 2 is 2.05 bits per heavy atom. The predicted molar refractivity (Wildman–Crippen MR) is 73.0 cm³/mol. The first-order chi connectivity index (χ1) is 9.05. The molecule has 1 unspecified atom stereocenters. The van der Waals surface area contributed by atoms with Crippen molar-refractivity contribution in [3.8, 4) is 11.8 Å². The second-order valence-corrected chi connectivity index (χ2v) is 6.48. The second-order valence-electron chi connectivity index (χ2n) is 4.59. The predicted octanol–water partition coefficient (Wildman–Crippen LogP) is 1.20. The Morgan fingerprint density at radius 3 is 2.58 bits per heavy atom. The highest BCUT2D eigenvalue weighted by atomic mass is 32.2. The van der Waals surface area contributed by atoms with E-state index in [2.05, 4.69) is 11.8 Å². The maximum Gasteiger partial charge on any atom is 0.243 e. The smallest absolute Gasteiger partial charge is 0.243 e. The van der Waals surface area contributed by atoms with Gasteiger partial charge in [0, 0.05) is 18.2 Å². The lowest BCUT2D eigenvalue weighted by molar-refractivity contribution is 0.350. The van der Waals surface area contributed by atoms with Crippen LogP contribution < -0.4 is 0 Å². The molecule has 0 bridgehead atoms. The maximum absolute atomic E-state index is 12.4. The summed E-state index contributed by atoms with van der Waals surface area (Å²) >= 11 is 0. The average Bonchev–Trinajstić information content (AvgIpc) is 2.84. The number of hydrogen-bond donors (Lipinski definition) is 1. The van der Waals surface area contributed by atoms with E-state index < -0.39 is 10.0 Å². The Bertz CT molecular complexity index is 596. The molecule has 19 heavy (non-hydrogen) atoms. The lowest BCUT2D eigenvalue weighted by Gasteiger charge is -2.20. The molecule has 0 spiro atoms. The Hall–Kier alpha value is -1.35. The number of aliphatic hydroxyl groups excluding tert-OH is 1. The van der Waals surface area contributed by atoms with Crippen LogP contribution in [0.1, 0.15) is 25.3 Å². The topological polar surface area (TPSA) is 57.6 Å². The van der Waals surface area contributed by atoms with Gasteiger partial charge in [0.05, 0.1) is 4.90 Å². The van der Waals surface area contributed by atoms with E-state index in [1.807, 2.05) is 6.92 Å². The van der Waals surface area contributed by atoms with Crippen LogP contribution in [0.2, 0.25) is 0 Å². The van der Waals surface area contributed by atoms with Gasteiger partial charge in [0.25, 0.3) is 0 Å². The van der Waals surface area contributed by atoms with Gasteiger partial charge >= 0.3 is 0 Å². The minimum absolute atomic E-state index is 0.0684. The molecular formula is C14H17NO3S. The Labute approximate surface area is 114 Å². The summed E-state index contributed by atoms with van der Waals surface area (Å²) in [6.07, 6.45) is 1.83. The highest BCUT2D eigenvalue weighted by molar-refractivity contribution is 7.89. The zero-order valence-electron chi connectivity index (χ0n) is 10.8. The SMILES string of the molecule is CC1CCCN1S(=O)(=O)c1ccc(C#CCO)cc1. The molecule has 1 aliphatic rings. The average molecular weight is 279 g/mol. The van der Waals surface area contributed by atoms with Crippen molar-refractivity contribution in [1.82, 2.24) is 4.31 Å². The molecule has 4 nitrogen and oxygen atoms in total. The van der Waals surface area contributed by atoms with Crippen molar-refractivity contribution in [2.24, 2.45) is 0 Å². The molecule has 0 saturated carbocycles. The van der Waals surface area contributed by atoms with Gasteiger partial charge < -0.3 is 5.11 Å². The molecule has 1 aromatic rings. The fraction of sp³-hybridized carbons (Fsp3) is 0.429. The van der Waals surface area contributed by atoms with Crippen molar-refractivity contribution in [3.63, 3.8) is 0 Å². The monoisotopic (exact) mass is 279 g/mol. The van der Waals surface area contributed by atoms with Gasteiger partial charge in [0.2, 0.25) is 10.0 Å². The number of sulfonamides is 1. The van der Waals surface area contributed by atoms with Crippen LogP contribution in [0, 0.1) is 11.8 Å². The van der Waals surface area contributed by atoms with Gasteiger partial charge in [-0.15, -0.1) is 0 Å². The van der Waals surface area contributed by atoms with Crippen LogP contribution in [0.25, 0.3) is 0 Å². The minimum Gasteiger partial charge on any atom is -0.384 e. The van der Waals surface area contributed by atoms with Crippen molar-refractivity contribution >= 4 is 10.0 Å². The van der Waals surface area contributed by atoms with Gasteiger partial charge in [-0.2, -0.15) is 4.31 Å². The fourth-order valence-corrected chi connectivity index (χ4v) is 3.95. The second kappa shape index (κ2) is 5.74. The molecule has 102 valence electrons. The van der Waals surface area contributed by atoms with Crippen LogP contribution in [0.3, 0.4) is 0 Å². The van der Waals surface area contributed by atoms with Crippen molar-refractivity contribution in [2.75, 3.05) is 13.2 Å². The quantitative estimate of drug-likeness (QED) is 0.828. The number of hydrogen-bond acceptors (Lipinski definition) is 3. The van der Waals surface area contributed by atoms with Gasteiger partial charge in [-0.1, -0.05) is 11.8 Å². The Balaban J connectivity index is 2.26. The van der Waals surface area contributed by atoms with Crippen LogP contribution in [-0.4, -0.2) is 37.0 Å². The summed E-state index contributed by atoms with van der Waals surface area (Å²) in [5, 5.41) is 8.61. The molecule has 1 saturated heterocycles. The summed E-state index contributed by atoms with van der Waals surface area (Å²) in [4.78, 5) is 0.302. The van der Waals surface area contributed by atoms with Crippen LogP contribution in [-0.2, 0) is 10.0 Å². The third-order valence-electron chi connectivity index (χ3n) is 3.26. The van der Waals surface area contributed by atoms with Gasteiger partial charge in [-0.05, 0) is 44.0 Å². The first-order valence-electron chi connectivity index (χ1n) is 6.27. The lowest BCUT2D eigenvalue weighted by atomic mass is 10.2. The third-order valence-corrected chi connectivity index (χ3v) is 5.29. The van der Waals surface area contributed by atoms with Crippen LogP contribution in [0.4, 0.5) is 0 Å². The normalized spacial score (nSPS) is 20.0. The summed E-state index contributed by atoms with van der Waals surface area (Å²) in [5.41, 5.74) is 0.697. The molecule has 0 radical (unpaired) electrons. The summed E-state index contributed by atoms with van der Waals surface area (Å²) in [6, 6.07) is 6.54. The van der Waals surface area contributed by atoms with Crippen molar-refractivity contribution in [3.05, 3.63) is 29.8 Å². The largest absolute Gasteiger partial charge is 0.384 e. The first-order valence-corrected chi connectivity index (χ1v) is 7.71. The van der Waals surface area contributed by atoms with Gasteiger partial charge in [0.15, 0.2) is 0 Å². The highest BCUT2D eigenvalue weighted by Gasteiger charge is 2.32. The molecule has 1 fully saturated rings. The minimum atomic E-state index is -3.39. The molecule has 2 rings (SSSR count). The lowest BCUT2D eigenvalue weighted by Crippen LogP contribution is -2.33. The maximum atomic E-state index is 12.4. The van der Waals surface area contributed by atoms with E-state index in [1.54, 1.807) is 28.6 Å². The van der Waals surface area contributed by atoms with E-state index in [0.717, 1.165) is 12.8 Å². The molecule has 0 aliphatic carbocycles. The number of nitrogens with zero attached hydrogens (tertiary/aromatic N) is 1. The van der Waals surface area contributed by atoms with E-state index in [-0.39, 0.29) is 12.6 Å². The summed E-state index contributed by atoms with van der Waals surface area (Å²) in [5.74, 6) is 5.27. The van der Waals surface area contributed by atoms with Gasteiger partial charge in [0.1, 0.15) is 6.61 Å². The van der Waals surface area contributed by atoms with Crippen LogP contribution in [0.5, 0.6) is 0 Å². The molecule has 0 aromatic heterocycles. The van der Waals surface area contributed by atoms with E-state index >= 15 is 0 Å². The zero-order valence-corrected chi connectivity index (χ0v) is 11.7. The summed E-state index contributed by atoms with van der Waals surface area (Å²) in [6.45, 7) is 2.33. The molecule has 1 N–H and O–H groups in total.